The van der Waals surface area contributed by atoms with E-state index in [4.69, 9.17) is 10.7 Å². The van der Waals surface area contributed by atoms with Crippen LogP contribution in [0.1, 0.15) is 35.0 Å². The summed E-state index contributed by atoms with van der Waals surface area (Å²) < 4.78 is 0. The number of hydrogen-bond donors (Lipinski definition) is 1. The van der Waals surface area contributed by atoms with Crippen LogP contribution in [0.5, 0.6) is 0 Å². The lowest BCUT2D eigenvalue weighted by atomic mass is 9.98. The zero-order valence-electron chi connectivity index (χ0n) is 18.5. The molecule has 0 spiro atoms. The summed E-state index contributed by atoms with van der Waals surface area (Å²) in [6.07, 6.45) is 2.22. The molecule has 1 fully saturated rings. The van der Waals surface area contributed by atoms with Crippen molar-refractivity contribution < 1.29 is 4.79 Å². The molecule has 1 aliphatic heterocycles. The number of benzene rings is 2. The van der Waals surface area contributed by atoms with Gasteiger partial charge in [-0.15, -0.1) is 11.3 Å². The standard InChI is InChI=1S/C27H27N3OS/c1-17-10-12-19(13-11-17)21-15-22(20-8-4-3-5-9-20)29-26-23(21)24(28)25(32-26)27(31)30-14-6-7-18(2)16-30/h3-5,8-13,15,18H,6-7,14,16,28H2,1-2H3. The minimum Gasteiger partial charge on any atom is -0.397 e. The van der Waals surface area contributed by atoms with Gasteiger partial charge in [-0.25, -0.2) is 4.98 Å². The van der Waals surface area contributed by atoms with Gasteiger partial charge in [-0.3, -0.25) is 4.79 Å². The van der Waals surface area contributed by atoms with Gasteiger partial charge in [-0.05, 0) is 42.9 Å². The van der Waals surface area contributed by atoms with E-state index in [-0.39, 0.29) is 5.91 Å². The second kappa shape index (κ2) is 8.40. The second-order valence-corrected chi connectivity index (χ2v) is 9.81. The van der Waals surface area contributed by atoms with Gasteiger partial charge in [0.1, 0.15) is 9.71 Å². The zero-order valence-corrected chi connectivity index (χ0v) is 19.3. The van der Waals surface area contributed by atoms with Crippen LogP contribution < -0.4 is 5.73 Å². The highest BCUT2D eigenvalue weighted by atomic mass is 32.1. The van der Waals surface area contributed by atoms with Crippen molar-refractivity contribution >= 4 is 33.1 Å². The molecular formula is C27H27N3OS. The quantitative estimate of drug-likeness (QED) is 0.400. The largest absolute Gasteiger partial charge is 0.397 e. The minimum absolute atomic E-state index is 0.0353. The zero-order chi connectivity index (χ0) is 22.2. The first-order valence-electron chi connectivity index (χ1n) is 11.2. The Hall–Kier alpha value is -3.18. The van der Waals surface area contributed by atoms with E-state index in [1.54, 1.807) is 0 Å². The molecule has 3 heterocycles. The molecule has 1 amide bonds. The van der Waals surface area contributed by atoms with Crippen LogP contribution in [0.15, 0.2) is 60.7 Å². The molecular weight excluding hydrogens is 414 g/mol. The second-order valence-electron chi connectivity index (χ2n) is 8.81. The fourth-order valence-corrected chi connectivity index (χ4v) is 5.60. The van der Waals surface area contributed by atoms with Crippen LogP contribution in [0, 0.1) is 12.8 Å². The van der Waals surface area contributed by atoms with Crippen LogP contribution in [0.3, 0.4) is 0 Å². The number of nitrogen functional groups attached to an aromatic ring is 1. The number of nitrogens with zero attached hydrogens (tertiary/aromatic N) is 2. The lowest BCUT2D eigenvalue weighted by Gasteiger charge is -2.30. The number of aromatic nitrogens is 1. The molecule has 2 N–H and O–H groups in total. The summed E-state index contributed by atoms with van der Waals surface area (Å²) in [4.78, 5) is 21.7. The molecule has 0 aliphatic carbocycles. The molecule has 32 heavy (non-hydrogen) atoms. The van der Waals surface area contributed by atoms with Crippen molar-refractivity contribution in [3.05, 3.63) is 71.1 Å². The Morgan fingerprint density at radius 3 is 2.56 bits per heavy atom. The maximum Gasteiger partial charge on any atom is 0.266 e. The highest BCUT2D eigenvalue weighted by Crippen LogP contribution is 2.42. The third-order valence-corrected chi connectivity index (χ3v) is 7.36. The first kappa shape index (κ1) is 20.7. The number of nitrogens with two attached hydrogens (primary N) is 1. The number of fused-ring (bicyclic) bond motifs is 1. The van der Waals surface area contributed by atoms with Crippen molar-refractivity contribution in [3.8, 4) is 22.4 Å². The van der Waals surface area contributed by atoms with Gasteiger partial charge in [0.05, 0.1) is 11.4 Å². The predicted molar refractivity (Wildman–Crippen MR) is 134 cm³/mol. The first-order valence-corrected chi connectivity index (χ1v) is 12.0. The number of pyridine rings is 1. The summed E-state index contributed by atoms with van der Waals surface area (Å²) in [5.41, 5.74) is 12.5. The van der Waals surface area contributed by atoms with E-state index in [9.17, 15) is 4.79 Å². The van der Waals surface area contributed by atoms with Crippen LogP contribution >= 0.6 is 11.3 Å². The van der Waals surface area contributed by atoms with E-state index in [0.717, 1.165) is 52.1 Å². The van der Waals surface area contributed by atoms with Crippen molar-refractivity contribution in [2.75, 3.05) is 18.8 Å². The molecule has 2 aromatic heterocycles. The monoisotopic (exact) mass is 441 g/mol. The highest BCUT2D eigenvalue weighted by Gasteiger charge is 2.27. The summed E-state index contributed by atoms with van der Waals surface area (Å²) in [6, 6.07) is 20.7. The Balaban J connectivity index is 1.69. The van der Waals surface area contributed by atoms with Gasteiger partial charge in [-0.2, -0.15) is 0 Å². The molecule has 1 saturated heterocycles. The molecule has 1 unspecified atom stereocenters. The molecule has 0 bridgehead atoms. The van der Waals surface area contributed by atoms with Crippen molar-refractivity contribution in [2.45, 2.75) is 26.7 Å². The number of carbonyl (C=O) groups excluding carboxylic acids is 1. The molecule has 1 atom stereocenters. The van der Waals surface area contributed by atoms with Gasteiger partial charge >= 0.3 is 0 Å². The molecule has 162 valence electrons. The maximum absolute atomic E-state index is 13.4. The number of likely N-dealkylation sites (tertiary alicyclic amines) is 1. The average Bonchev–Trinajstić information content (AvgIpc) is 3.15. The lowest BCUT2D eigenvalue weighted by molar-refractivity contribution is 0.0689. The fourth-order valence-electron chi connectivity index (χ4n) is 4.51. The average molecular weight is 442 g/mol. The van der Waals surface area contributed by atoms with Gasteiger partial charge < -0.3 is 10.6 Å². The van der Waals surface area contributed by atoms with Gasteiger partial charge in [0.2, 0.25) is 0 Å². The SMILES string of the molecule is Cc1ccc(-c2cc(-c3ccccc3)nc3sc(C(=O)N4CCCC(C)C4)c(N)c23)cc1. The molecule has 5 rings (SSSR count). The molecule has 5 heteroatoms. The number of anilines is 1. The maximum atomic E-state index is 13.4. The lowest BCUT2D eigenvalue weighted by Crippen LogP contribution is -2.39. The van der Waals surface area contributed by atoms with Crippen molar-refractivity contribution in [3.63, 3.8) is 0 Å². The number of thiophene rings is 1. The summed E-state index contributed by atoms with van der Waals surface area (Å²) in [7, 11) is 0. The Bertz CT molecular complexity index is 1280. The third-order valence-electron chi connectivity index (χ3n) is 6.27. The van der Waals surface area contributed by atoms with E-state index in [1.807, 2.05) is 23.1 Å². The highest BCUT2D eigenvalue weighted by molar-refractivity contribution is 7.21. The van der Waals surface area contributed by atoms with Crippen LogP contribution in [-0.4, -0.2) is 28.9 Å². The van der Waals surface area contributed by atoms with Crippen LogP contribution in [0.2, 0.25) is 0 Å². The number of carbonyl (C=O) groups is 1. The molecule has 0 radical (unpaired) electrons. The molecule has 0 saturated carbocycles. The smallest absolute Gasteiger partial charge is 0.266 e. The molecule has 2 aromatic carbocycles. The topological polar surface area (TPSA) is 59.2 Å². The van der Waals surface area contributed by atoms with Gasteiger partial charge in [-0.1, -0.05) is 67.1 Å². The van der Waals surface area contributed by atoms with Crippen molar-refractivity contribution in [1.29, 1.82) is 0 Å². The fraction of sp³-hybridized carbons (Fsp3) is 0.259. The summed E-state index contributed by atoms with van der Waals surface area (Å²) >= 11 is 1.42. The van der Waals surface area contributed by atoms with Crippen molar-refractivity contribution in [1.82, 2.24) is 9.88 Å². The van der Waals surface area contributed by atoms with Crippen LogP contribution in [-0.2, 0) is 0 Å². The van der Waals surface area contributed by atoms with Crippen molar-refractivity contribution in [2.24, 2.45) is 5.92 Å². The van der Waals surface area contributed by atoms with E-state index < -0.39 is 0 Å². The third kappa shape index (κ3) is 3.78. The summed E-state index contributed by atoms with van der Waals surface area (Å²) in [5, 5.41) is 0.881. The number of hydrogen-bond acceptors (Lipinski definition) is 4. The van der Waals surface area contributed by atoms with Gasteiger partial charge in [0.25, 0.3) is 5.91 Å². The number of piperidine rings is 1. The van der Waals surface area contributed by atoms with Crippen LogP contribution in [0.25, 0.3) is 32.6 Å². The van der Waals surface area contributed by atoms with E-state index >= 15 is 0 Å². The number of rotatable bonds is 3. The van der Waals surface area contributed by atoms with E-state index in [1.165, 1.54) is 23.3 Å². The summed E-state index contributed by atoms with van der Waals surface area (Å²) in [6.45, 7) is 5.87. The first-order chi connectivity index (χ1) is 15.5. The number of aryl methyl sites for hydroxylation is 1. The van der Waals surface area contributed by atoms with Gasteiger partial charge in [0, 0.05) is 24.0 Å². The predicted octanol–water partition coefficient (Wildman–Crippen LogP) is 6.39. The normalized spacial score (nSPS) is 16.4. The summed E-state index contributed by atoms with van der Waals surface area (Å²) in [5.74, 6) is 0.558. The minimum atomic E-state index is 0.0353. The Morgan fingerprint density at radius 2 is 1.84 bits per heavy atom. The Kier molecular flexibility index (Phi) is 5.43. The molecule has 4 nitrogen and oxygen atoms in total. The Morgan fingerprint density at radius 1 is 1.09 bits per heavy atom. The molecule has 1 aliphatic rings. The van der Waals surface area contributed by atoms with E-state index in [0.29, 0.717) is 16.5 Å². The number of amides is 1. The van der Waals surface area contributed by atoms with E-state index in [2.05, 4.69) is 56.3 Å². The molecule has 4 aromatic rings. The van der Waals surface area contributed by atoms with Gasteiger partial charge in [0.15, 0.2) is 0 Å². The van der Waals surface area contributed by atoms with Crippen LogP contribution in [0.4, 0.5) is 5.69 Å². The Labute approximate surface area is 192 Å².